The molecule has 5 heteroatoms. The summed E-state index contributed by atoms with van der Waals surface area (Å²) in [5, 5.41) is 10.9. The lowest BCUT2D eigenvalue weighted by Gasteiger charge is -2.29. The summed E-state index contributed by atoms with van der Waals surface area (Å²) in [6.07, 6.45) is 4.08. The van der Waals surface area contributed by atoms with Gasteiger partial charge in [0.15, 0.2) is 0 Å². The van der Waals surface area contributed by atoms with Gasteiger partial charge in [-0.15, -0.1) is 0 Å². The van der Waals surface area contributed by atoms with Crippen LogP contribution in [0.3, 0.4) is 0 Å². The fraction of sp³-hybridized carbons (Fsp3) is 0.538. The number of nitrogens with zero attached hydrogens (tertiary/aromatic N) is 1. The van der Waals surface area contributed by atoms with E-state index in [2.05, 4.69) is 6.92 Å². The van der Waals surface area contributed by atoms with E-state index in [1.807, 2.05) is 0 Å². The molecule has 0 aromatic heterocycles. The molecule has 1 aliphatic carbocycles. The van der Waals surface area contributed by atoms with Crippen LogP contribution in [0.4, 0.5) is 10.1 Å². The van der Waals surface area contributed by atoms with Gasteiger partial charge in [0.1, 0.15) is 6.10 Å². The Kier molecular flexibility index (Phi) is 3.79. The van der Waals surface area contributed by atoms with Crippen LogP contribution in [0.15, 0.2) is 18.2 Å². The van der Waals surface area contributed by atoms with Crippen LogP contribution in [0.2, 0.25) is 0 Å². The summed E-state index contributed by atoms with van der Waals surface area (Å²) in [6, 6.07) is 3.98. The van der Waals surface area contributed by atoms with Crippen molar-refractivity contribution in [3.8, 4) is 5.75 Å². The van der Waals surface area contributed by atoms with Crippen LogP contribution in [0, 0.1) is 21.8 Å². The monoisotopic (exact) mass is 253 g/mol. The molecule has 2 unspecified atom stereocenters. The summed E-state index contributed by atoms with van der Waals surface area (Å²) in [5.74, 6) is -0.457. The van der Waals surface area contributed by atoms with Gasteiger partial charge in [-0.1, -0.05) is 19.4 Å². The minimum Gasteiger partial charge on any atom is -0.483 e. The van der Waals surface area contributed by atoms with Gasteiger partial charge in [0.25, 0.3) is 0 Å². The summed E-state index contributed by atoms with van der Waals surface area (Å²) in [5.41, 5.74) is -0.560. The molecule has 0 heterocycles. The van der Waals surface area contributed by atoms with Crippen molar-refractivity contribution in [2.45, 2.75) is 38.7 Å². The molecular weight excluding hydrogens is 237 g/mol. The Morgan fingerprint density at radius 1 is 1.39 bits per heavy atom. The zero-order valence-corrected chi connectivity index (χ0v) is 10.3. The van der Waals surface area contributed by atoms with E-state index in [1.165, 1.54) is 12.1 Å². The second-order valence-corrected chi connectivity index (χ2v) is 4.76. The predicted octanol–water partition coefficient (Wildman–Crippen LogP) is 3.69. The maximum Gasteiger partial charge on any atom is 0.346 e. The van der Waals surface area contributed by atoms with Gasteiger partial charge in [-0.3, -0.25) is 10.1 Å². The number of benzene rings is 1. The van der Waals surface area contributed by atoms with Crippen molar-refractivity contribution in [2.24, 2.45) is 5.92 Å². The number of hydrogen-bond acceptors (Lipinski definition) is 3. The highest BCUT2D eigenvalue weighted by Gasteiger charge is 2.27. The van der Waals surface area contributed by atoms with Crippen molar-refractivity contribution in [3.63, 3.8) is 0 Å². The topological polar surface area (TPSA) is 52.4 Å². The second kappa shape index (κ2) is 5.33. The fourth-order valence-corrected chi connectivity index (χ4v) is 2.39. The quantitative estimate of drug-likeness (QED) is 0.609. The molecule has 2 atom stereocenters. The van der Waals surface area contributed by atoms with Crippen molar-refractivity contribution in [3.05, 3.63) is 34.1 Å². The molecule has 0 N–H and O–H groups in total. The molecule has 0 amide bonds. The molecule has 1 aromatic rings. The summed E-state index contributed by atoms with van der Waals surface area (Å²) < 4.78 is 19.1. The van der Waals surface area contributed by atoms with Crippen LogP contribution in [0.5, 0.6) is 5.75 Å². The van der Waals surface area contributed by atoms with Crippen molar-refractivity contribution >= 4 is 5.69 Å². The van der Waals surface area contributed by atoms with Crippen LogP contribution in [0.1, 0.15) is 32.6 Å². The Labute approximate surface area is 105 Å². The highest BCUT2D eigenvalue weighted by Crippen LogP contribution is 2.34. The molecule has 0 radical (unpaired) electrons. The molecule has 2 rings (SSSR count). The highest BCUT2D eigenvalue weighted by atomic mass is 19.1. The molecular formula is C13H16FNO3. The van der Waals surface area contributed by atoms with Gasteiger partial charge in [0, 0.05) is 0 Å². The summed E-state index contributed by atoms with van der Waals surface area (Å²) in [7, 11) is 0. The van der Waals surface area contributed by atoms with Crippen LogP contribution < -0.4 is 4.74 Å². The molecule has 1 aromatic carbocycles. The Hall–Kier alpha value is -1.65. The highest BCUT2D eigenvalue weighted by molar-refractivity contribution is 5.47. The first kappa shape index (κ1) is 12.8. The van der Waals surface area contributed by atoms with E-state index in [0.29, 0.717) is 5.92 Å². The van der Waals surface area contributed by atoms with Gasteiger partial charge in [-0.2, -0.15) is 4.39 Å². The molecule has 0 aliphatic heterocycles. The minimum absolute atomic E-state index is 0.0405. The first-order chi connectivity index (χ1) is 8.59. The molecule has 0 bridgehead atoms. The third kappa shape index (κ3) is 2.60. The van der Waals surface area contributed by atoms with Gasteiger partial charge in [-0.25, -0.2) is 0 Å². The molecule has 1 saturated carbocycles. The summed E-state index contributed by atoms with van der Waals surface area (Å²) in [6.45, 7) is 2.06. The minimum atomic E-state index is -0.846. The maximum atomic E-state index is 13.4. The first-order valence-electron chi connectivity index (χ1n) is 6.19. The Bertz CT molecular complexity index is 450. The predicted molar refractivity (Wildman–Crippen MR) is 65.1 cm³/mol. The normalized spacial score (nSPS) is 23.7. The van der Waals surface area contributed by atoms with Crippen molar-refractivity contribution in [2.75, 3.05) is 0 Å². The lowest BCUT2D eigenvalue weighted by atomic mass is 9.88. The van der Waals surface area contributed by atoms with E-state index >= 15 is 0 Å². The molecule has 0 spiro atoms. The van der Waals surface area contributed by atoms with Crippen LogP contribution in [-0.4, -0.2) is 11.0 Å². The third-order valence-corrected chi connectivity index (χ3v) is 3.44. The zero-order chi connectivity index (χ0) is 13.1. The molecule has 98 valence electrons. The number of rotatable bonds is 3. The van der Waals surface area contributed by atoms with E-state index in [4.69, 9.17) is 4.74 Å². The van der Waals surface area contributed by atoms with E-state index in [9.17, 15) is 14.5 Å². The lowest BCUT2D eigenvalue weighted by Crippen LogP contribution is -2.28. The van der Waals surface area contributed by atoms with Gasteiger partial charge in [0.05, 0.1) is 4.92 Å². The van der Waals surface area contributed by atoms with Crippen LogP contribution in [0.25, 0.3) is 0 Å². The number of para-hydroxylation sites is 1. The van der Waals surface area contributed by atoms with E-state index in [1.54, 1.807) is 0 Å². The number of hydrogen-bond donors (Lipinski definition) is 0. The Morgan fingerprint density at radius 2 is 2.11 bits per heavy atom. The SMILES string of the molecule is CC1CCCCC1Oc1cccc(F)c1[N+](=O)[O-]. The summed E-state index contributed by atoms with van der Waals surface area (Å²) in [4.78, 5) is 10.1. The Balaban J connectivity index is 2.23. The average molecular weight is 253 g/mol. The zero-order valence-electron chi connectivity index (χ0n) is 10.3. The van der Waals surface area contributed by atoms with Crippen molar-refractivity contribution in [1.29, 1.82) is 0 Å². The maximum absolute atomic E-state index is 13.4. The first-order valence-corrected chi connectivity index (χ1v) is 6.19. The second-order valence-electron chi connectivity index (χ2n) is 4.76. The standard InChI is InChI=1S/C13H16FNO3/c1-9-5-2-3-7-11(9)18-12-8-4-6-10(14)13(12)15(16)17/h4,6,8-9,11H,2-3,5,7H2,1H3. The van der Waals surface area contributed by atoms with Gasteiger partial charge >= 0.3 is 5.69 Å². The number of nitro benzene ring substituents is 1. The molecule has 18 heavy (non-hydrogen) atoms. The van der Waals surface area contributed by atoms with Crippen LogP contribution >= 0.6 is 0 Å². The largest absolute Gasteiger partial charge is 0.483 e. The van der Waals surface area contributed by atoms with Gasteiger partial charge in [0.2, 0.25) is 11.6 Å². The molecule has 1 fully saturated rings. The number of ether oxygens (including phenoxy) is 1. The summed E-state index contributed by atoms with van der Waals surface area (Å²) >= 11 is 0. The van der Waals surface area contributed by atoms with Crippen molar-refractivity contribution in [1.82, 2.24) is 0 Å². The van der Waals surface area contributed by atoms with E-state index < -0.39 is 16.4 Å². The smallest absolute Gasteiger partial charge is 0.346 e. The number of nitro groups is 1. The Morgan fingerprint density at radius 3 is 2.78 bits per heavy atom. The van der Waals surface area contributed by atoms with Crippen molar-refractivity contribution < 1.29 is 14.1 Å². The van der Waals surface area contributed by atoms with Gasteiger partial charge < -0.3 is 4.74 Å². The third-order valence-electron chi connectivity index (χ3n) is 3.44. The van der Waals surface area contributed by atoms with E-state index in [0.717, 1.165) is 31.7 Å². The number of halogens is 1. The fourth-order valence-electron chi connectivity index (χ4n) is 2.39. The molecule has 4 nitrogen and oxygen atoms in total. The van der Waals surface area contributed by atoms with Gasteiger partial charge in [-0.05, 0) is 37.3 Å². The molecule has 1 aliphatic rings. The average Bonchev–Trinajstić information content (AvgIpc) is 2.31. The lowest BCUT2D eigenvalue weighted by molar-refractivity contribution is -0.388. The van der Waals surface area contributed by atoms with Crippen LogP contribution in [-0.2, 0) is 0 Å². The molecule has 0 saturated heterocycles. The van der Waals surface area contributed by atoms with E-state index in [-0.39, 0.29) is 11.9 Å².